The van der Waals surface area contributed by atoms with Crippen LogP contribution in [0.1, 0.15) is 17.4 Å². The summed E-state index contributed by atoms with van der Waals surface area (Å²) < 4.78 is 13.8. The molecule has 0 N–H and O–H groups in total. The van der Waals surface area contributed by atoms with Gasteiger partial charge in [0, 0.05) is 4.88 Å². The normalized spacial score (nSPS) is 11.0. The maximum atomic E-state index is 12.8. The summed E-state index contributed by atoms with van der Waals surface area (Å²) in [5, 5.41) is 0. The lowest BCUT2D eigenvalue weighted by atomic mass is 10.2. The number of fused-ring (bicyclic) bond motifs is 1. The lowest BCUT2D eigenvalue weighted by molar-refractivity contribution is 0.624. The molecule has 1 nitrogen and oxygen atoms in total. The van der Waals surface area contributed by atoms with Crippen LogP contribution in [0.25, 0.3) is 10.2 Å². The van der Waals surface area contributed by atoms with Crippen LogP contribution >= 0.6 is 11.3 Å². The number of hydrogen-bond acceptors (Lipinski definition) is 2. The molecule has 3 heteroatoms. The molecule has 0 unspecified atom stereocenters. The molecule has 0 saturated carbocycles. The monoisotopic (exact) mass is 195 g/mol. The summed E-state index contributed by atoms with van der Waals surface area (Å²) in [5.74, 6) is -0.253. The number of thiophene rings is 1. The molecular weight excluding hydrogens is 185 g/mol. The summed E-state index contributed by atoms with van der Waals surface area (Å²) in [6.07, 6.45) is 2.27. The van der Waals surface area contributed by atoms with Crippen LogP contribution in [0.5, 0.6) is 0 Å². The highest BCUT2D eigenvalue weighted by Gasteiger charge is 2.08. The summed E-state index contributed by atoms with van der Waals surface area (Å²) in [4.78, 5) is 5.38. The molecule has 0 fully saturated rings. The first-order chi connectivity index (χ1) is 6.22. The fourth-order valence-corrected chi connectivity index (χ4v) is 2.59. The van der Waals surface area contributed by atoms with Crippen molar-refractivity contribution in [2.45, 2.75) is 20.3 Å². The number of halogens is 1. The second kappa shape index (κ2) is 3.07. The van der Waals surface area contributed by atoms with E-state index in [0.29, 0.717) is 0 Å². The van der Waals surface area contributed by atoms with Gasteiger partial charge in [-0.1, -0.05) is 6.92 Å². The number of rotatable bonds is 1. The Hall–Kier alpha value is -0.960. The van der Waals surface area contributed by atoms with E-state index < -0.39 is 0 Å². The van der Waals surface area contributed by atoms with Crippen LogP contribution in [0.2, 0.25) is 0 Å². The van der Waals surface area contributed by atoms with Gasteiger partial charge in [0.05, 0.1) is 16.4 Å². The molecule has 0 amide bonds. The standard InChI is InChI=1S/C10H10FNS/c1-3-8-6(2)10-9(13-8)4-7(11)5-12-10/h4-5H,3H2,1-2H3. The minimum atomic E-state index is -0.253. The molecule has 0 aliphatic heterocycles. The van der Waals surface area contributed by atoms with Gasteiger partial charge in [0.2, 0.25) is 0 Å². The Labute approximate surface area is 80.2 Å². The smallest absolute Gasteiger partial charge is 0.142 e. The number of aryl methyl sites for hydroxylation is 2. The number of hydrogen-bond donors (Lipinski definition) is 0. The Balaban J connectivity index is 2.76. The molecule has 0 aliphatic carbocycles. The van der Waals surface area contributed by atoms with Crippen molar-refractivity contribution in [3.63, 3.8) is 0 Å². The number of pyridine rings is 1. The van der Waals surface area contributed by atoms with Gasteiger partial charge in [-0.25, -0.2) is 4.39 Å². The first-order valence-electron chi connectivity index (χ1n) is 4.26. The minimum absolute atomic E-state index is 0.253. The predicted molar refractivity (Wildman–Crippen MR) is 53.7 cm³/mol. The fourth-order valence-electron chi connectivity index (χ4n) is 1.46. The van der Waals surface area contributed by atoms with Crippen LogP contribution in [0.3, 0.4) is 0 Å². The molecule has 0 spiro atoms. The van der Waals surface area contributed by atoms with Crippen LogP contribution in [0.4, 0.5) is 4.39 Å². The average molecular weight is 195 g/mol. The van der Waals surface area contributed by atoms with Crippen LogP contribution in [0, 0.1) is 12.7 Å². The molecule has 13 heavy (non-hydrogen) atoms. The van der Waals surface area contributed by atoms with Crippen LogP contribution in [0.15, 0.2) is 12.3 Å². The Kier molecular flexibility index (Phi) is 2.04. The zero-order valence-corrected chi connectivity index (χ0v) is 8.41. The van der Waals surface area contributed by atoms with E-state index in [1.165, 1.54) is 16.6 Å². The largest absolute Gasteiger partial charge is 0.252 e. The number of nitrogens with zero attached hydrogens (tertiary/aromatic N) is 1. The molecule has 2 rings (SSSR count). The van der Waals surface area contributed by atoms with Crippen LogP contribution < -0.4 is 0 Å². The third-order valence-corrected chi connectivity index (χ3v) is 3.52. The van der Waals surface area contributed by atoms with E-state index in [1.54, 1.807) is 17.4 Å². The van der Waals surface area contributed by atoms with Gasteiger partial charge in [-0.2, -0.15) is 0 Å². The zero-order chi connectivity index (χ0) is 9.42. The Morgan fingerprint density at radius 2 is 2.31 bits per heavy atom. The van der Waals surface area contributed by atoms with Crippen molar-refractivity contribution in [3.8, 4) is 0 Å². The number of aromatic nitrogens is 1. The Morgan fingerprint density at radius 1 is 1.54 bits per heavy atom. The van der Waals surface area contributed by atoms with Crippen molar-refractivity contribution >= 4 is 21.6 Å². The maximum Gasteiger partial charge on any atom is 0.142 e. The lowest BCUT2D eigenvalue weighted by Crippen LogP contribution is -1.80. The zero-order valence-electron chi connectivity index (χ0n) is 7.60. The van der Waals surface area contributed by atoms with Crippen molar-refractivity contribution < 1.29 is 4.39 Å². The van der Waals surface area contributed by atoms with E-state index in [-0.39, 0.29) is 5.82 Å². The molecule has 68 valence electrons. The first-order valence-corrected chi connectivity index (χ1v) is 5.07. The third kappa shape index (κ3) is 1.33. The summed E-state index contributed by atoms with van der Waals surface area (Å²) in [5.41, 5.74) is 2.14. The Bertz CT molecular complexity index is 447. The maximum absolute atomic E-state index is 12.8. The first kappa shape index (κ1) is 8.63. The van der Waals surface area contributed by atoms with Gasteiger partial charge >= 0.3 is 0 Å². The summed E-state index contributed by atoms with van der Waals surface area (Å²) in [7, 11) is 0. The highest BCUT2D eigenvalue weighted by molar-refractivity contribution is 7.19. The van der Waals surface area contributed by atoms with E-state index in [9.17, 15) is 4.39 Å². The molecular formula is C10H10FNS. The van der Waals surface area contributed by atoms with Crippen LogP contribution in [-0.4, -0.2) is 4.98 Å². The lowest BCUT2D eigenvalue weighted by Gasteiger charge is -1.91. The van der Waals surface area contributed by atoms with Gasteiger partial charge in [0.15, 0.2) is 0 Å². The van der Waals surface area contributed by atoms with Crippen molar-refractivity contribution in [1.29, 1.82) is 0 Å². The molecule has 0 atom stereocenters. The van der Waals surface area contributed by atoms with Crippen molar-refractivity contribution in [3.05, 3.63) is 28.5 Å². The fraction of sp³-hybridized carbons (Fsp3) is 0.300. The van der Waals surface area contributed by atoms with E-state index in [1.807, 2.05) is 6.92 Å². The van der Waals surface area contributed by atoms with Gasteiger partial charge in [-0.15, -0.1) is 11.3 Å². The summed E-state index contributed by atoms with van der Waals surface area (Å²) >= 11 is 1.64. The van der Waals surface area contributed by atoms with E-state index in [4.69, 9.17) is 0 Å². The molecule has 2 heterocycles. The quantitative estimate of drug-likeness (QED) is 0.680. The molecule has 0 radical (unpaired) electrons. The second-order valence-corrected chi connectivity index (χ2v) is 4.14. The summed E-state index contributed by atoms with van der Waals surface area (Å²) in [6, 6.07) is 1.55. The van der Waals surface area contributed by atoms with E-state index in [0.717, 1.165) is 16.6 Å². The second-order valence-electron chi connectivity index (χ2n) is 3.00. The van der Waals surface area contributed by atoms with Crippen molar-refractivity contribution in [2.75, 3.05) is 0 Å². The molecule has 0 aromatic carbocycles. The topological polar surface area (TPSA) is 12.9 Å². The van der Waals surface area contributed by atoms with Gasteiger partial charge in [0.25, 0.3) is 0 Å². The van der Waals surface area contributed by atoms with Crippen molar-refractivity contribution in [2.24, 2.45) is 0 Å². The summed E-state index contributed by atoms with van der Waals surface area (Å²) in [6.45, 7) is 4.15. The highest BCUT2D eigenvalue weighted by Crippen LogP contribution is 2.29. The molecule has 0 bridgehead atoms. The van der Waals surface area contributed by atoms with Crippen LogP contribution in [-0.2, 0) is 6.42 Å². The van der Waals surface area contributed by atoms with Gasteiger partial charge < -0.3 is 0 Å². The van der Waals surface area contributed by atoms with E-state index in [2.05, 4.69) is 11.9 Å². The molecule has 2 aromatic heterocycles. The van der Waals surface area contributed by atoms with Gasteiger partial charge in [0.1, 0.15) is 5.82 Å². The predicted octanol–water partition coefficient (Wildman–Crippen LogP) is 3.31. The van der Waals surface area contributed by atoms with Gasteiger partial charge in [-0.05, 0) is 25.0 Å². The Morgan fingerprint density at radius 3 is 3.00 bits per heavy atom. The SMILES string of the molecule is CCc1sc2cc(F)cnc2c1C. The van der Waals surface area contributed by atoms with Crippen molar-refractivity contribution in [1.82, 2.24) is 4.98 Å². The molecule has 2 aromatic rings. The van der Waals surface area contributed by atoms with E-state index >= 15 is 0 Å². The minimum Gasteiger partial charge on any atom is -0.252 e. The highest BCUT2D eigenvalue weighted by atomic mass is 32.1. The third-order valence-electron chi connectivity index (χ3n) is 2.15. The molecule has 0 saturated heterocycles. The molecule has 0 aliphatic rings. The van der Waals surface area contributed by atoms with Gasteiger partial charge in [-0.3, -0.25) is 4.98 Å². The average Bonchev–Trinajstić information content (AvgIpc) is 2.42.